The lowest BCUT2D eigenvalue weighted by Crippen LogP contribution is -2.48. The molecule has 0 spiro atoms. The van der Waals surface area contributed by atoms with Gasteiger partial charge in [-0.15, -0.1) is 0 Å². The summed E-state index contributed by atoms with van der Waals surface area (Å²) in [6, 6.07) is 1.96. The minimum atomic E-state index is -0.128. The van der Waals surface area contributed by atoms with Gasteiger partial charge in [0, 0.05) is 19.3 Å². The molecule has 0 unspecified atom stereocenters. The van der Waals surface area contributed by atoms with Crippen LogP contribution in [0.2, 0.25) is 0 Å². The van der Waals surface area contributed by atoms with Gasteiger partial charge in [0.15, 0.2) is 5.82 Å². The Bertz CT molecular complexity index is 390. The molecule has 2 N–H and O–H groups in total. The molecule has 16 heavy (non-hydrogen) atoms. The average molecular weight is 221 g/mol. The standard InChI is InChI=1S/C12H19N3O/c1-9-6-10(13)11(14-7-9)15-4-5-16-12(2,3)8-15/h6-7H,4-5,8,13H2,1-3H3. The summed E-state index contributed by atoms with van der Waals surface area (Å²) in [5.41, 5.74) is 7.71. The van der Waals surface area contributed by atoms with E-state index < -0.39 is 0 Å². The minimum absolute atomic E-state index is 0.128. The molecular weight excluding hydrogens is 202 g/mol. The first-order chi connectivity index (χ1) is 7.48. The highest BCUT2D eigenvalue weighted by Gasteiger charge is 2.28. The van der Waals surface area contributed by atoms with E-state index in [0.29, 0.717) is 0 Å². The lowest BCUT2D eigenvalue weighted by atomic mass is 10.1. The van der Waals surface area contributed by atoms with E-state index in [1.165, 1.54) is 0 Å². The van der Waals surface area contributed by atoms with Crippen LogP contribution in [0.25, 0.3) is 0 Å². The van der Waals surface area contributed by atoms with Crippen molar-refractivity contribution in [1.29, 1.82) is 0 Å². The molecule has 2 rings (SSSR count). The molecule has 0 bridgehead atoms. The largest absolute Gasteiger partial charge is 0.396 e. The number of anilines is 2. The van der Waals surface area contributed by atoms with Gasteiger partial charge in [-0.2, -0.15) is 0 Å². The molecule has 1 aliphatic heterocycles. The van der Waals surface area contributed by atoms with Gasteiger partial charge in [0.2, 0.25) is 0 Å². The third-order valence-electron chi connectivity index (χ3n) is 2.76. The Morgan fingerprint density at radius 2 is 2.25 bits per heavy atom. The van der Waals surface area contributed by atoms with Crippen LogP contribution in [0.3, 0.4) is 0 Å². The van der Waals surface area contributed by atoms with Crippen LogP contribution in [-0.2, 0) is 4.74 Å². The predicted molar refractivity (Wildman–Crippen MR) is 65.6 cm³/mol. The van der Waals surface area contributed by atoms with Crippen LogP contribution in [0.1, 0.15) is 19.4 Å². The van der Waals surface area contributed by atoms with Gasteiger partial charge in [-0.25, -0.2) is 4.98 Å². The first-order valence-corrected chi connectivity index (χ1v) is 5.59. The molecular formula is C12H19N3O. The third kappa shape index (κ3) is 2.27. The zero-order valence-electron chi connectivity index (χ0n) is 10.2. The summed E-state index contributed by atoms with van der Waals surface area (Å²) >= 11 is 0. The molecule has 0 amide bonds. The van der Waals surface area contributed by atoms with E-state index in [-0.39, 0.29) is 5.60 Å². The van der Waals surface area contributed by atoms with E-state index in [1.807, 2.05) is 19.2 Å². The second-order valence-electron chi connectivity index (χ2n) is 4.96. The van der Waals surface area contributed by atoms with Crippen LogP contribution in [0.15, 0.2) is 12.3 Å². The number of nitrogens with two attached hydrogens (primary N) is 1. The second-order valence-corrected chi connectivity index (χ2v) is 4.96. The molecule has 0 aliphatic carbocycles. The third-order valence-corrected chi connectivity index (χ3v) is 2.76. The number of hydrogen-bond donors (Lipinski definition) is 1. The van der Waals surface area contributed by atoms with E-state index in [1.54, 1.807) is 0 Å². The fourth-order valence-corrected chi connectivity index (χ4v) is 2.05. The van der Waals surface area contributed by atoms with Crippen LogP contribution < -0.4 is 10.6 Å². The van der Waals surface area contributed by atoms with Crippen molar-refractivity contribution in [2.24, 2.45) is 0 Å². The zero-order chi connectivity index (χ0) is 11.8. The SMILES string of the molecule is Cc1cnc(N2CCOC(C)(C)C2)c(N)c1. The van der Waals surface area contributed by atoms with Gasteiger partial charge >= 0.3 is 0 Å². The number of morpholine rings is 1. The maximum absolute atomic E-state index is 6.00. The topological polar surface area (TPSA) is 51.4 Å². The number of hydrogen-bond acceptors (Lipinski definition) is 4. The van der Waals surface area contributed by atoms with Crippen molar-refractivity contribution in [2.45, 2.75) is 26.4 Å². The van der Waals surface area contributed by atoms with Crippen molar-refractivity contribution in [3.63, 3.8) is 0 Å². The molecule has 1 aliphatic rings. The monoisotopic (exact) mass is 221 g/mol. The lowest BCUT2D eigenvalue weighted by molar-refractivity contribution is -0.0278. The number of pyridine rings is 1. The maximum Gasteiger partial charge on any atom is 0.151 e. The summed E-state index contributed by atoms with van der Waals surface area (Å²) in [5, 5.41) is 0. The van der Waals surface area contributed by atoms with Gasteiger partial charge in [-0.3, -0.25) is 0 Å². The van der Waals surface area contributed by atoms with Gasteiger partial charge < -0.3 is 15.4 Å². The minimum Gasteiger partial charge on any atom is -0.396 e. The number of aromatic nitrogens is 1. The normalized spacial score (nSPS) is 19.8. The van der Waals surface area contributed by atoms with Crippen LogP contribution in [0, 0.1) is 6.92 Å². The van der Waals surface area contributed by atoms with E-state index in [0.717, 1.165) is 36.8 Å². The molecule has 4 nitrogen and oxygen atoms in total. The fourth-order valence-electron chi connectivity index (χ4n) is 2.05. The Kier molecular flexibility index (Phi) is 2.76. The predicted octanol–water partition coefficient (Wildman–Crippen LogP) is 1.59. The highest BCUT2D eigenvalue weighted by molar-refractivity contribution is 5.63. The first kappa shape index (κ1) is 11.2. The van der Waals surface area contributed by atoms with Crippen LogP contribution in [-0.4, -0.2) is 30.3 Å². The summed E-state index contributed by atoms with van der Waals surface area (Å²) < 4.78 is 5.67. The Morgan fingerprint density at radius 3 is 2.88 bits per heavy atom. The number of rotatable bonds is 1. The van der Waals surface area contributed by atoms with Crippen molar-refractivity contribution in [3.8, 4) is 0 Å². The first-order valence-electron chi connectivity index (χ1n) is 5.59. The Hall–Kier alpha value is -1.29. The van der Waals surface area contributed by atoms with Crippen molar-refractivity contribution in [1.82, 2.24) is 4.98 Å². The van der Waals surface area contributed by atoms with E-state index in [9.17, 15) is 0 Å². The molecule has 1 aromatic rings. The van der Waals surface area contributed by atoms with Gasteiger partial charge in [-0.1, -0.05) is 0 Å². The molecule has 1 fully saturated rings. The molecule has 88 valence electrons. The van der Waals surface area contributed by atoms with Crippen LogP contribution >= 0.6 is 0 Å². The summed E-state index contributed by atoms with van der Waals surface area (Å²) in [4.78, 5) is 6.61. The highest BCUT2D eigenvalue weighted by atomic mass is 16.5. The summed E-state index contributed by atoms with van der Waals surface area (Å²) in [7, 11) is 0. The van der Waals surface area contributed by atoms with E-state index >= 15 is 0 Å². The Balaban J connectivity index is 2.23. The Morgan fingerprint density at radius 1 is 1.50 bits per heavy atom. The van der Waals surface area contributed by atoms with Crippen molar-refractivity contribution < 1.29 is 4.74 Å². The van der Waals surface area contributed by atoms with Gasteiger partial charge in [0.25, 0.3) is 0 Å². The van der Waals surface area contributed by atoms with Crippen molar-refractivity contribution in [3.05, 3.63) is 17.8 Å². The Labute approximate surface area is 96.4 Å². The molecule has 0 saturated carbocycles. The van der Waals surface area contributed by atoms with Crippen LogP contribution in [0.4, 0.5) is 11.5 Å². The molecule has 2 heterocycles. The van der Waals surface area contributed by atoms with Crippen molar-refractivity contribution >= 4 is 11.5 Å². The van der Waals surface area contributed by atoms with E-state index in [4.69, 9.17) is 10.5 Å². The van der Waals surface area contributed by atoms with E-state index in [2.05, 4.69) is 23.7 Å². The smallest absolute Gasteiger partial charge is 0.151 e. The van der Waals surface area contributed by atoms with Gasteiger partial charge in [-0.05, 0) is 32.4 Å². The zero-order valence-corrected chi connectivity index (χ0v) is 10.2. The summed E-state index contributed by atoms with van der Waals surface area (Å²) in [6.45, 7) is 8.57. The lowest BCUT2D eigenvalue weighted by Gasteiger charge is -2.39. The molecule has 1 saturated heterocycles. The number of nitrogens with zero attached hydrogens (tertiary/aromatic N) is 2. The molecule has 0 aromatic carbocycles. The number of aryl methyl sites for hydroxylation is 1. The maximum atomic E-state index is 6.00. The summed E-state index contributed by atoms with van der Waals surface area (Å²) in [6.07, 6.45) is 1.86. The molecule has 0 radical (unpaired) electrons. The quantitative estimate of drug-likeness (QED) is 0.782. The number of ether oxygens (including phenoxy) is 1. The average Bonchev–Trinajstić information content (AvgIpc) is 2.15. The molecule has 4 heteroatoms. The number of nitrogen functional groups attached to an aromatic ring is 1. The van der Waals surface area contributed by atoms with Crippen molar-refractivity contribution in [2.75, 3.05) is 30.3 Å². The van der Waals surface area contributed by atoms with Gasteiger partial charge in [0.05, 0.1) is 17.9 Å². The molecule has 0 atom stereocenters. The fraction of sp³-hybridized carbons (Fsp3) is 0.583. The summed E-state index contributed by atoms with van der Waals surface area (Å²) in [5.74, 6) is 0.877. The molecule has 1 aromatic heterocycles. The van der Waals surface area contributed by atoms with Gasteiger partial charge in [0.1, 0.15) is 0 Å². The van der Waals surface area contributed by atoms with Crippen LogP contribution in [0.5, 0.6) is 0 Å². The highest BCUT2D eigenvalue weighted by Crippen LogP contribution is 2.26. The second kappa shape index (κ2) is 3.94.